The van der Waals surface area contributed by atoms with Crippen molar-refractivity contribution in [1.82, 2.24) is 19.7 Å². The highest BCUT2D eigenvalue weighted by Gasteiger charge is 2.23. The van der Waals surface area contributed by atoms with E-state index in [1.165, 1.54) is 10.6 Å². The van der Waals surface area contributed by atoms with E-state index in [9.17, 15) is 13.2 Å². The summed E-state index contributed by atoms with van der Waals surface area (Å²) in [7, 11) is -3.11. The first-order valence-electron chi connectivity index (χ1n) is 7.69. The molecule has 0 radical (unpaired) electrons. The smallest absolute Gasteiger partial charge is 0.273 e. The van der Waals surface area contributed by atoms with Crippen molar-refractivity contribution in [1.29, 1.82) is 0 Å². The molecule has 1 N–H and O–H groups in total. The second-order valence-corrected chi connectivity index (χ2v) is 8.01. The number of nitrogens with zero attached hydrogens (tertiary/aromatic N) is 3. The van der Waals surface area contributed by atoms with Crippen LogP contribution in [0.25, 0.3) is 0 Å². The monoisotopic (exact) mass is 344 g/mol. The lowest BCUT2D eigenvalue weighted by Crippen LogP contribution is -2.49. The Bertz CT molecular complexity index is 633. The fraction of sp³-hybridized carbons (Fsp3) is 0.714. The van der Waals surface area contributed by atoms with Crippen LogP contribution in [0.4, 0.5) is 0 Å². The largest absolute Gasteiger partial charge is 0.360 e. The lowest BCUT2D eigenvalue weighted by atomic mass is 10.1. The minimum atomic E-state index is -3.11. The summed E-state index contributed by atoms with van der Waals surface area (Å²) in [4.78, 5) is 14.1. The van der Waals surface area contributed by atoms with Crippen molar-refractivity contribution in [3.8, 4) is 0 Å². The average molecular weight is 344 g/mol. The number of piperazine rings is 1. The Morgan fingerprint density at radius 2 is 2.00 bits per heavy atom. The third-order valence-electron chi connectivity index (χ3n) is 3.84. The van der Waals surface area contributed by atoms with E-state index in [0.29, 0.717) is 45.0 Å². The molecular formula is C14H24N4O4S. The molecule has 1 amide bonds. The van der Waals surface area contributed by atoms with Gasteiger partial charge in [-0.3, -0.25) is 9.69 Å². The van der Waals surface area contributed by atoms with Gasteiger partial charge in [0.2, 0.25) is 10.0 Å². The van der Waals surface area contributed by atoms with Crippen LogP contribution < -0.4 is 5.32 Å². The van der Waals surface area contributed by atoms with Crippen molar-refractivity contribution in [2.75, 3.05) is 45.5 Å². The maximum Gasteiger partial charge on any atom is 0.273 e. The number of amides is 1. The fourth-order valence-corrected chi connectivity index (χ4v) is 3.20. The maximum absolute atomic E-state index is 12.0. The Balaban J connectivity index is 1.72. The van der Waals surface area contributed by atoms with E-state index < -0.39 is 10.0 Å². The Hall–Kier alpha value is -1.45. The van der Waals surface area contributed by atoms with E-state index in [4.69, 9.17) is 4.52 Å². The lowest BCUT2D eigenvalue weighted by molar-refractivity contribution is 0.0936. The minimum Gasteiger partial charge on any atom is -0.360 e. The molecule has 0 atom stereocenters. The Labute approximate surface area is 136 Å². The van der Waals surface area contributed by atoms with Gasteiger partial charge < -0.3 is 9.84 Å². The zero-order valence-corrected chi connectivity index (χ0v) is 14.6. The summed E-state index contributed by atoms with van der Waals surface area (Å²) < 4.78 is 29.5. The zero-order valence-electron chi connectivity index (χ0n) is 13.8. The lowest BCUT2D eigenvalue weighted by Gasteiger charge is -2.33. The van der Waals surface area contributed by atoms with Crippen molar-refractivity contribution in [3.05, 3.63) is 17.5 Å². The van der Waals surface area contributed by atoms with Crippen LogP contribution >= 0.6 is 0 Å². The molecule has 0 aromatic carbocycles. The molecule has 2 heterocycles. The molecule has 1 aromatic heterocycles. The molecule has 1 aromatic rings. The quantitative estimate of drug-likeness (QED) is 0.787. The van der Waals surface area contributed by atoms with Crippen molar-refractivity contribution in [2.24, 2.45) is 0 Å². The molecule has 1 aliphatic heterocycles. The predicted octanol–water partition coefficient (Wildman–Crippen LogP) is 0.105. The molecular weight excluding hydrogens is 320 g/mol. The maximum atomic E-state index is 12.0. The van der Waals surface area contributed by atoms with E-state index in [-0.39, 0.29) is 17.5 Å². The van der Waals surface area contributed by atoms with Crippen molar-refractivity contribution >= 4 is 15.9 Å². The standard InChI is InChI=1S/C14H24N4O4S/c1-11(2)13-10-12(16-22-13)14(19)15-4-5-17-6-8-18(9-7-17)23(3,20)21/h10-11H,4-9H2,1-3H3,(H,15,19). The first kappa shape index (κ1) is 17.9. The van der Waals surface area contributed by atoms with Gasteiger partial charge in [0, 0.05) is 51.3 Å². The van der Waals surface area contributed by atoms with Crippen LogP contribution in [0.1, 0.15) is 36.0 Å². The van der Waals surface area contributed by atoms with E-state index in [1.54, 1.807) is 6.07 Å². The summed E-state index contributed by atoms with van der Waals surface area (Å²) in [5.41, 5.74) is 0.288. The Morgan fingerprint density at radius 3 is 2.52 bits per heavy atom. The number of carbonyl (C=O) groups excluding carboxylic acids is 1. The number of carbonyl (C=O) groups is 1. The van der Waals surface area contributed by atoms with Gasteiger partial charge in [-0.15, -0.1) is 0 Å². The SMILES string of the molecule is CC(C)c1cc(C(=O)NCCN2CCN(S(C)(=O)=O)CC2)no1. The summed E-state index contributed by atoms with van der Waals surface area (Å²) in [5.74, 6) is 0.623. The summed E-state index contributed by atoms with van der Waals surface area (Å²) in [6, 6.07) is 1.66. The molecule has 130 valence electrons. The highest BCUT2D eigenvalue weighted by atomic mass is 32.2. The summed E-state index contributed by atoms with van der Waals surface area (Å²) in [6.07, 6.45) is 1.23. The predicted molar refractivity (Wildman–Crippen MR) is 85.8 cm³/mol. The van der Waals surface area contributed by atoms with Gasteiger partial charge in [0.15, 0.2) is 5.69 Å². The van der Waals surface area contributed by atoms with Gasteiger partial charge >= 0.3 is 0 Å². The normalized spacial score (nSPS) is 17.6. The minimum absolute atomic E-state index is 0.190. The molecule has 0 saturated carbocycles. The third-order valence-corrected chi connectivity index (χ3v) is 5.15. The van der Waals surface area contributed by atoms with Gasteiger partial charge in [0.05, 0.1) is 6.26 Å². The summed E-state index contributed by atoms with van der Waals surface area (Å²) in [5, 5.41) is 6.57. The van der Waals surface area contributed by atoms with Crippen molar-refractivity contribution in [2.45, 2.75) is 19.8 Å². The van der Waals surface area contributed by atoms with Gasteiger partial charge in [0.25, 0.3) is 5.91 Å². The van der Waals surface area contributed by atoms with Crippen molar-refractivity contribution < 1.29 is 17.7 Å². The number of aromatic nitrogens is 1. The van der Waals surface area contributed by atoms with E-state index in [2.05, 4.69) is 15.4 Å². The highest BCUT2D eigenvalue weighted by Crippen LogP contribution is 2.14. The molecule has 1 aliphatic rings. The molecule has 0 unspecified atom stereocenters. The molecule has 0 bridgehead atoms. The first-order valence-corrected chi connectivity index (χ1v) is 9.54. The van der Waals surface area contributed by atoms with E-state index in [0.717, 1.165) is 0 Å². The van der Waals surface area contributed by atoms with Crippen LogP contribution in [0.3, 0.4) is 0 Å². The number of hydrogen-bond donors (Lipinski definition) is 1. The molecule has 8 nitrogen and oxygen atoms in total. The summed E-state index contributed by atoms with van der Waals surface area (Å²) in [6.45, 7) is 7.44. The zero-order chi connectivity index (χ0) is 17.0. The Kier molecular flexibility index (Phi) is 5.77. The van der Waals surface area contributed by atoms with E-state index in [1.807, 2.05) is 13.8 Å². The third kappa shape index (κ3) is 5.02. The van der Waals surface area contributed by atoms with Crippen LogP contribution in [-0.4, -0.2) is 74.2 Å². The molecule has 1 fully saturated rings. The molecule has 1 saturated heterocycles. The highest BCUT2D eigenvalue weighted by molar-refractivity contribution is 7.88. The molecule has 0 spiro atoms. The average Bonchev–Trinajstić information content (AvgIpc) is 2.97. The van der Waals surface area contributed by atoms with Gasteiger partial charge in [-0.05, 0) is 0 Å². The number of rotatable bonds is 6. The van der Waals surface area contributed by atoms with Crippen LogP contribution in [0.5, 0.6) is 0 Å². The second kappa shape index (κ2) is 7.41. The fourth-order valence-electron chi connectivity index (χ4n) is 2.37. The van der Waals surface area contributed by atoms with Crippen molar-refractivity contribution in [3.63, 3.8) is 0 Å². The van der Waals surface area contributed by atoms with Crippen LogP contribution in [0.15, 0.2) is 10.6 Å². The first-order chi connectivity index (χ1) is 10.8. The van der Waals surface area contributed by atoms with Crippen LogP contribution in [0.2, 0.25) is 0 Å². The number of nitrogens with one attached hydrogen (secondary N) is 1. The van der Waals surface area contributed by atoms with Crippen LogP contribution in [-0.2, 0) is 10.0 Å². The topological polar surface area (TPSA) is 95.8 Å². The second-order valence-electron chi connectivity index (χ2n) is 6.03. The molecule has 23 heavy (non-hydrogen) atoms. The van der Waals surface area contributed by atoms with E-state index >= 15 is 0 Å². The Morgan fingerprint density at radius 1 is 1.35 bits per heavy atom. The number of hydrogen-bond acceptors (Lipinski definition) is 6. The molecule has 0 aliphatic carbocycles. The van der Waals surface area contributed by atoms with Gasteiger partial charge in [-0.25, -0.2) is 8.42 Å². The van der Waals surface area contributed by atoms with Gasteiger partial charge in [-0.1, -0.05) is 19.0 Å². The van der Waals surface area contributed by atoms with Gasteiger partial charge in [0.1, 0.15) is 5.76 Å². The molecule has 9 heteroatoms. The summed E-state index contributed by atoms with van der Waals surface area (Å²) >= 11 is 0. The van der Waals surface area contributed by atoms with Crippen LogP contribution in [0, 0.1) is 0 Å². The molecule has 2 rings (SSSR count). The number of sulfonamides is 1. The van der Waals surface area contributed by atoms with Gasteiger partial charge in [-0.2, -0.15) is 4.31 Å².